The molecule has 0 unspecified atom stereocenters. The van der Waals surface area contributed by atoms with Crippen LogP contribution in [0, 0.1) is 5.92 Å². The second-order valence-electron chi connectivity index (χ2n) is 8.88. The molecule has 3 atom stereocenters. The number of benzene rings is 1. The number of nitrogens with one attached hydrogen (secondary N) is 2. The predicted molar refractivity (Wildman–Crippen MR) is 114 cm³/mol. The fraction of sp³-hybridized carbons (Fsp3) is 0.682. The van der Waals surface area contributed by atoms with Gasteiger partial charge in [0.15, 0.2) is 0 Å². The summed E-state index contributed by atoms with van der Waals surface area (Å²) in [7, 11) is -3.24. The first-order chi connectivity index (χ1) is 14.0. The van der Waals surface area contributed by atoms with Gasteiger partial charge in [0.1, 0.15) is 0 Å². The zero-order valence-electron chi connectivity index (χ0n) is 17.3. The highest BCUT2D eigenvalue weighted by molar-refractivity contribution is 7.89. The molecule has 29 heavy (non-hydrogen) atoms. The standard InChI is InChI=1S/C22H33N3O3S/c1-2-16-4-3-5-18(12-16)22(26)24-19-13-20-6-7-21(14-19)25(20)29(27,28)15-17-8-10-23-11-9-17/h3-5,12,17,19-21,23H,2,6-11,13-15H2,1H3,(H,24,26)/t19-,20-,21+. The second kappa shape index (κ2) is 8.74. The number of sulfonamides is 1. The zero-order chi connectivity index (χ0) is 20.4. The van der Waals surface area contributed by atoms with Gasteiger partial charge in [0, 0.05) is 23.7 Å². The fourth-order valence-electron chi connectivity index (χ4n) is 5.34. The van der Waals surface area contributed by atoms with Crippen molar-refractivity contribution in [2.75, 3.05) is 18.8 Å². The molecule has 3 aliphatic heterocycles. The molecular weight excluding hydrogens is 386 g/mol. The van der Waals surface area contributed by atoms with Crippen molar-refractivity contribution in [3.63, 3.8) is 0 Å². The van der Waals surface area contributed by atoms with Crippen LogP contribution in [0.1, 0.15) is 61.4 Å². The molecule has 4 rings (SSSR count). The van der Waals surface area contributed by atoms with Crippen LogP contribution in [0.2, 0.25) is 0 Å². The molecule has 1 aromatic carbocycles. The Morgan fingerprint density at radius 3 is 2.48 bits per heavy atom. The Kier molecular flexibility index (Phi) is 6.27. The number of nitrogens with zero attached hydrogens (tertiary/aromatic N) is 1. The second-order valence-corrected chi connectivity index (χ2v) is 10.8. The lowest BCUT2D eigenvalue weighted by atomic mass is 9.99. The van der Waals surface area contributed by atoms with E-state index in [0.717, 1.165) is 63.6 Å². The maximum atomic E-state index is 13.2. The number of aryl methyl sites for hydroxylation is 1. The van der Waals surface area contributed by atoms with Crippen LogP contribution in [0.3, 0.4) is 0 Å². The topological polar surface area (TPSA) is 78.5 Å². The normalized spacial score (nSPS) is 28.4. The Bertz CT molecular complexity index is 821. The molecule has 0 spiro atoms. The molecule has 2 bridgehead atoms. The minimum Gasteiger partial charge on any atom is -0.349 e. The van der Waals surface area contributed by atoms with Gasteiger partial charge >= 0.3 is 0 Å². The number of fused-ring (bicyclic) bond motifs is 2. The van der Waals surface area contributed by atoms with E-state index in [1.165, 1.54) is 0 Å². The predicted octanol–water partition coefficient (Wildman–Crippen LogP) is 2.30. The lowest BCUT2D eigenvalue weighted by Gasteiger charge is -2.39. The third kappa shape index (κ3) is 4.67. The average Bonchev–Trinajstić information content (AvgIpc) is 3.01. The number of carbonyl (C=O) groups is 1. The average molecular weight is 420 g/mol. The summed E-state index contributed by atoms with van der Waals surface area (Å²) in [5.74, 6) is 0.502. The molecule has 6 nitrogen and oxygen atoms in total. The van der Waals surface area contributed by atoms with Crippen LogP contribution in [-0.2, 0) is 16.4 Å². The Balaban J connectivity index is 1.39. The van der Waals surface area contributed by atoms with Crippen molar-refractivity contribution >= 4 is 15.9 Å². The van der Waals surface area contributed by atoms with E-state index in [1.54, 1.807) is 0 Å². The highest BCUT2D eigenvalue weighted by atomic mass is 32.2. The van der Waals surface area contributed by atoms with Crippen molar-refractivity contribution in [1.82, 2.24) is 14.9 Å². The van der Waals surface area contributed by atoms with Gasteiger partial charge in [-0.2, -0.15) is 4.31 Å². The molecule has 3 heterocycles. The SMILES string of the molecule is CCc1cccc(C(=O)N[C@@H]2C[C@H]3CC[C@@H](C2)N3S(=O)(=O)CC2CCNCC2)c1. The lowest BCUT2D eigenvalue weighted by Crippen LogP contribution is -2.53. The van der Waals surface area contributed by atoms with Crippen molar-refractivity contribution in [3.05, 3.63) is 35.4 Å². The number of rotatable bonds is 6. The summed E-state index contributed by atoms with van der Waals surface area (Å²) in [5.41, 5.74) is 1.84. The van der Waals surface area contributed by atoms with Crippen LogP contribution in [0.4, 0.5) is 0 Å². The number of carbonyl (C=O) groups excluding carboxylic acids is 1. The van der Waals surface area contributed by atoms with Crippen LogP contribution in [0.5, 0.6) is 0 Å². The molecule has 7 heteroatoms. The van der Waals surface area contributed by atoms with Gasteiger partial charge in [-0.1, -0.05) is 19.1 Å². The highest BCUT2D eigenvalue weighted by Gasteiger charge is 2.47. The van der Waals surface area contributed by atoms with Gasteiger partial charge in [0.05, 0.1) is 5.75 Å². The van der Waals surface area contributed by atoms with Crippen LogP contribution >= 0.6 is 0 Å². The third-order valence-corrected chi connectivity index (χ3v) is 8.96. The molecule has 2 N–H and O–H groups in total. The molecule has 3 fully saturated rings. The molecule has 0 saturated carbocycles. The smallest absolute Gasteiger partial charge is 0.251 e. The summed E-state index contributed by atoms with van der Waals surface area (Å²) in [6, 6.07) is 7.87. The van der Waals surface area contributed by atoms with Gasteiger partial charge in [-0.05, 0) is 81.6 Å². The molecular formula is C22H33N3O3S. The van der Waals surface area contributed by atoms with E-state index in [-0.39, 0.29) is 35.7 Å². The Morgan fingerprint density at radius 1 is 1.14 bits per heavy atom. The molecule has 1 amide bonds. The first kappa shape index (κ1) is 20.8. The first-order valence-corrected chi connectivity index (χ1v) is 12.7. The fourth-order valence-corrected chi connectivity index (χ4v) is 7.73. The minimum atomic E-state index is -3.24. The van der Waals surface area contributed by atoms with Crippen molar-refractivity contribution in [1.29, 1.82) is 0 Å². The zero-order valence-corrected chi connectivity index (χ0v) is 18.1. The van der Waals surface area contributed by atoms with E-state index < -0.39 is 10.0 Å². The van der Waals surface area contributed by atoms with E-state index in [0.29, 0.717) is 5.56 Å². The first-order valence-electron chi connectivity index (χ1n) is 11.1. The van der Waals surface area contributed by atoms with E-state index in [4.69, 9.17) is 0 Å². The summed E-state index contributed by atoms with van der Waals surface area (Å²) in [5, 5.41) is 6.48. The molecule has 3 aliphatic rings. The number of amides is 1. The van der Waals surface area contributed by atoms with Gasteiger partial charge in [-0.3, -0.25) is 4.79 Å². The number of piperidine rings is 2. The Hall–Kier alpha value is -1.44. The van der Waals surface area contributed by atoms with Crippen LogP contribution in [-0.4, -0.2) is 55.6 Å². The minimum absolute atomic E-state index is 0.0349. The Labute approximate surface area is 174 Å². The van der Waals surface area contributed by atoms with Crippen molar-refractivity contribution in [2.45, 2.75) is 70.0 Å². The summed E-state index contributed by atoms with van der Waals surface area (Å²) in [6.45, 7) is 3.91. The van der Waals surface area contributed by atoms with Gasteiger partial charge in [0.25, 0.3) is 5.91 Å². The van der Waals surface area contributed by atoms with Crippen molar-refractivity contribution < 1.29 is 13.2 Å². The van der Waals surface area contributed by atoms with Gasteiger partial charge < -0.3 is 10.6 Å². The van der Waals surface area contributed by atoms with Gasteiger partial charge in [0.2, 0.25) is 10.0 Å². The third-order valence-electron chi connectivity index (χ3n) is 6.82. The maximum absolute atomic E-state index is 13.2. The molecule has 0 radical (unpaired) electrons. The summed E-state index contributed by atoms with van der Waals surface area (Å²) < 4.78 is 28.1. The van der Waals surface area contributed by atoms with Crippen molar-refractivity contribution in [3.8, 4) is 0 Å². The van der Waals surface area contributed by atoms with E-state index in [9.17, 15) is 13.2 Å². The molecule has 160 valence electrons. The molecule has 1 aromatic rings. The number of hydrogen-bond donors (Lipinski definition) is 2. The highest BCUT2D eigenvalue weighted by Crippen LogP contribution is 2.38. The van der Waals surface area contributed by atoms with E-state index in [2.05, 4.69) is 17.6 Å². The largest absolute Gasteiger partial charge is 0.349 e. The molecule has 0 aromatic heterocycles. The van der Waals surface area contributed by atoms with Gasteiger partial charge in [-0.25, -0.2) is 8.42 Å². The van der Waals surface area contributed by atoms with Gasteiger partial charge in [-0.15, -0.1) is 0 Å². The summed E-state index contributed by atoms with van der Waals surface area (Å²) in [4.78, 5) is 12.7. The van der Waals surface area contributed by atoms with E-state index >= 15 is 0 Å². The molecule has 0 aliphatic carbocycles. The maximum Gasteiger partial charge on any atom is 0.251 e. The number of hydrogen-bond acceptors (Lipinski definition) is 4. The quantitative estimate of drug-likeness (QED) is 0.742. The van der Waals surface area contributed by atoms with Crippen molar-refractivity contribution in [2.24, 2.45) is 5.92 Å². The summed E-state index contributed by atoms with van der Waals surface area (Å²) >= 11 is 0. The van der Waals surface area contributed by atoms with Crippen LogP contribution in [0.25, 0.3) is 0 Å². The van der Waals surface area contributed by atoms with Crippen LogP contribution in [0.15, 0.2) is 24.3 Å². The van der Waals surface area contributed by atoms with E-state index in [1.807, 2.05) is 28.6 Å². The molecule has 3 saturated heterocycles. The Morgan fingerprint density at radius 2 is 1.83 bits per heavy atom. The lowest BCUT2D eigenvalue weighted by molar-refractivity contribution is 0.0909. The summed E-state index contributed by atoms with van der Waals surface area (Å²) in [6.07, 6.45) is 6.05. The monoisotopic (exact) mass is 419 g/mol. The van der Waals surface area contributed by atoms with Crippen LogP contribution < -0.4 is 10.6 Å².